The summed E-state index contributed by atoms with van der Waals surface area (Å²) in [4.78, 5) is 0. The molecular formula is C14H21BClNO2. The normalized spacial score (nSPS) is 22.6. The number of halogens is 1. The van der Waals surface area contributed by atoms with E-state index in [9.17, 15) is 0 Å². The fraction of sp³-hybridized carbons (Fsp3) is 0.571. The topological polar surface area (TPSA) is 44.5 Å². The molecular weight excluding hydrogens is 260 g/mol. The Morgan fingerprint density at radius 1 is 1.16 bits per heavy atom. The van der Waals surface area contributed by atoms with Gasteiger partial charge in [-0.1, -0.05) is 23.7 Å². The maximum atomic E-state index is 6.25. The molecule has 1 aliphatic rings. The van der Waals surface area contributed by atoms with E-state index < -0.39 is 0 Å². The van der Waals surface area contributed by atoms with Gasteiger partial charge in [-0.3, -0.25) is 0 Å². The van der Waals surface area contributed by atoms with Gasteiger partial charge in [0, 0.05) is 11.1 Å². The smallest absolute Gasteiger partial charge is 0.399 e. The van der Waals surface area contributed by atoms with Crippen molar-refractivity contribution in [3.05, 3.63) is 28.8 Å². The minimum Gasteiger partial charge on any atom is -0.399 e. The van der Waals surface area contributed by atoms with Gasteiger partial charge in [-0.25, -0.2) is 0 Å². The van der Waals surface area contributed by atoms with Crippen molar-refractivity contribution in [2.24, 2.45) is 5.73 Å². The molecule has 3 nitrogen and oxygen atoms in total. The van der Waals surface area contributed by atoms with Crippen LogP contribution >= 0.6 is 11.6 Å². The Balaban J connectivity index is 2.28. The van der Waals surface area contributed by atoms with Gasteiger partial charge in [0.1, 0.15) is 0 Å². The Labute approximate surface area is 120 Å². The average Bonchev–Trinajstić information content (AvgIpc) is 2.47. The molecule has 0 radical (unpaired) electrons. The second kappa shape index (κ2) is 4.78. The Bertz CT molecular complexity index is 472. The van der Waals surface area contributed by atoms with E-state index in [1.807, 2.05) is 52.8 Å². The zero-order chi connectivity index (χ0) is 14.4. The summed E-state index contributed by atoms with van der Waals surface area (Å²) in [6.07, 6.45) is 0. The summed E-state index contributed by atoms with van der Waals surface area (Å²) in [7, 11) is -0.385. The summed E-state index contributed by atoms with van der Waals surface area (Å²) >= 11 is 6.25. The van der Waals surface area contributed by atoms with E-state index in [4.69, 9.17) is 26.6 Å². The van der Waals surface area contributed by atoms with E-state index in [-0.39, 0.29) is 24.4 Å². The number of benzene rings is 1. The first-order valence-electron chi connectivity index (χ1n) is 6.54. The molecule has 2 N–H and O–H groups in total. The number of rotatable bonds is 2. The first-order chi connectivity index (χ1) is 8.64. The van der Waals surface area contributed by atoms with Crippen LogP contribution in [0.4, 0.5) is 0 Å². The van der Waals surface area contributed by atoms with Crippen LogP contribution in [0.3, 0.4) is 0 Å². The zero-order valence-corrected chi connectivity index (χ0v) is 12.9. The summed E-state index contributed by atoms with van der Waals surface area (Å²) in [5.74, 6) is 0. The Hall–Kier alpha value is -0.545. The van der Waals surface area contributed by atoms with Crippen LogP contribution in [0, 0.1) is 0 Å². The molecule has 1 aliphatic heterocycles. The molecule has 0 saturated carbocycles. The number of hydrogen-bond acceptors (Lipinski definition) is 3. The summed E-state index contributed by atoms with van der Waals surface area (Å²) in [6.45, 7) is 10.0. The molecule has 0 aromatic heterocycles. The monoisotopic (exact) mass is 281 g/mol. The quantitative estimate of drug-likeness (QED) is 0.848. The van der Waals surface area contributed by atoms with Gasteiger partial charge in [0.25, 0.3) is 0 Å². The molecule has 1 atom stereocenters. The highest BCUT2D eigenvalue weighted by Crippen LogP contribution is 2.36. The highest BCUT2D eigenvalue weighted by molar-refractivity contribution is 6.62. The Morgan fingerprint density at radius 3 is 2.11 bits per heavy atom. The van der Waals surface area contributed by atoms with Crippen LogP contribution in [0.2, 0.25) is 5.02 Å². The number of hydrogen-bond donors (Lipinski definition) is 1. The zero-order valence-electron chi connectivity index (χ0n) is 12.2. The molecule has 1 aromatic rings. The largest absolute Gasteiger partial charge is 0.494 e. The third-order valence-electron chi connectivity index (χ3n) is 4.04. The van der Waals surface area contributed by atoms with Crippen LogP contribution < -0.4 is 11.2 Å². The molecule has 1 aromatic carbocycles. The van der Waals surface area contributed by atoms with E-state index in [0.29, 0.717) is 5.02 Å². The van der Waals surface area contributed by atoms with Crippen molar-refractivity contribution in [1.82, 2.24) is 0 Å². The third kappa shape index (κ3) is 2.68. The van der Waals surface area contributed by atoms with Gasteiger partial charge in [0.15, 0.2) is 0 Å². The van der Waals surface area contributed by atoms with Gasteiger partial charge >= 0.3 is 7.12 Å². The SMILES string of the molecule is C[C@@H](N)c1ccc(B2OC(C)(C)C(C)(C)O2)cc1Cl. The lowest BCUT2D eigenvalue weighted by Crippen LogP contribution is -2.41. The van der Waals surface area contributed by atoms with Crippen LogP contribution in [0.5, 0.6) is 0 Å². The van der Waals surface area contributed by atoms with Crippen LogP contribution in [0.25, 0.3) is 0 Å². The van der Waals surface area contributed by atoms with Gasteiger partial charge < -0.3 is 15.0 Å². The molecule has 0 unspecified atom stereocenters. The van der Waals surface area contributed by atoms with Crippen molar-refractivity contribution in [1.29, 1.82) is 0 Å². The van der Waals surface area contributed by atoms with Crippen molar-refractivity contribution in [2.45, 2.75) is 51.9 Å². The van der Waals surface area contributed by atoms with Crippen LogP contribution in [0.15, 0.2) is 18.2 Å². The summed E-state index contributed by atoms with van der Waals surface area (Å²) in [5, 5.41) is 0.655. The van der Waals surface area contributed by atoms with Crippen molar-refractivity contribution >= 4 is 24.2 Å². The first-order valence-corrected chi connectivity index (χ1v) is 6.92. The Morgan fingerprint density at radius 2 is 1.68 bits per heavy atom. The molecule has 19 heavy (non-hydrogen) atoms. The second-order valence-corrected chi connectivity index (χ2v) is 6.57. The van der Waals surface area contributed by atoms with Gasteiger partial charge in [0.05, 0.1) is 11.2 Å². The average molecular weight is 282 g/mol. The fourth-order valence-electron chi connectivity index (χ4n) is 2.04. The van der Waals surface area contributed by atoms with E-state index in [1.165, 1.54) is 0 Å². The standard InChI is InChI=1S/C14H21BClNO2/c1-9(17)11-7-6-10(8-12(11)16)15-18-13(2,3)14(4,5)19-15/h6-9H,17H2,1-5H3/t9-/m1/s1. The molecule has 5 heteroatoms. The minimum atomic E-state index is -0.385. The fourth-order valence-corrected chi connectivity index (χ4v) is 2.40. The second-order valence-electron chi connectivity index (χ2n) is 6.16. The molecule has 2 rings (SSSR count). The lowest BCUT2D eigenvalue weighted by atomic mass is 9.78. The predicted octanol–water partition coefficient (Wildman–Crippen LogP) is 2.66. The van der Waals surface area contributed by atoms with E-state index in [0.717, 1.165) is 11.0 Å². The maximum absolute atomic E-state index is 6.25. The van der Waals surface area contributed by atoms with Crippen LogP contribution in [-0.2, 0) is 9.31 Å². The van der Waals surface area contributed by atoms with Crippen molar-refractivity contribution in [3.63, 3.8) is 0 Å². The maximum Gasteiger partial charge on any atom is 0.494 e. The third-order valence-corrected chi connectivity index (χ3v) is 4.37. The molecule has 1 heterocycles. The van der Waals surface area contributed by atoms with Gasteiger partial charge in [0.2, 0.25) is 0 Å². The Kier molecular flexibility index (Phi) is 3.73. The van der Waals surface area contributed by atoms with E-state index >= 15 is 0 Å². The van der Waals surface area contributed by atoms with Crippen molar-refractivity contribution in [2.75, 3.05) is 0 Å². The lowest BCUT2D eigenvalue weighted by Gasteiger charge is -2.32. The molecule has 1 fully saturated rings. The minimum absolute atomic E-state index is 0.0835. The predicted molar refractivity (Wildman–Crippen MR) is 79.8 cm³/mol. The van der Waals surface area contributed by atoms with Gasteiger partial charge in [-0.2, -0.15) is 0 Å². The molecule has 1 saturated heterocycles. The van der Waals surface area contributed by atoms with E-state index in [2.05, 4.69) is 0 Å². The molecule has 0 amide bonds. The van der Waals surface area contributed by atoms with Crippen molar-refractivity contribution in [3.8, 4) is 0 Å². The van der Waals surface area contributed by atoms with Gasteiger partial charge in [-0.15, -0.1) is 0 Å². The summed E-state index contributed by atoms with van der Waals surface area (Å²) in [6, 6.07) is 5.70. The molecule has 104 valence electrons. The molecule has 0 aliphatic carbocycles. The highest BCUT2D eigenvalue weighted by Gasteiger charge is 2.51. The summed E-state index contributed by atoms with van der Waals surface area (Å²) in [5.41, 5.74) is 7.03. The lowest BCUT2D eigenvalue weighted by molar-refractivity contribution is 0.00578. The van der Waals surface area contributed by atoms with Crippen molar-refractivity contribution < 1.29 is 9.31 Å². The summed E-state index contributed by atoms with van der Waals surface area (Å²) < 4.78 is 12.0. The number of nitrogens with two attached hydrogens (primary N) is 1. The van der Waals surface area contributed by atoms with Crippen LogP contribution in [-0.4, -0.2) is 18.3 Å². The van der Waals surface area contributed by atoms with Gasteiger partial charge in [-0.05, 0) is 51.7 Å². The van der Waals surface area contributed by atoms with E-state index in [1.54, 1.807) is 0 Å². The highest BCUT2D eigenvalue weighted by atomic mass is 35.5. The molecule has 0 spiro atoms. The van der Waals surface area contributed by atoms with Crippen LogP contribution in [0.1, 0.15) is 46.2 Å². The molecule has 0 bridgehead atoms. The first kappa shape index (κ1) is 14.9.